The van der Waals surface area contributed by atoms with E-state index < -0.39 is 11.7 Å². The molecular weight excluding hydrogens is 160 g/mol. The fourth-order valence-electron chi connectivity index (χ4n) is 1.28. The van der Waals surface area contributed by atoms with E-state index in [-0.39, 0.29) is 6.54 Å². The van der Waals surface area contributed by atoms with Gasteiger partial charge in [0.05, 0.1) is 12.1 Å². The number of hydrogen-bond acceptors (Lipinski definition) is 3. The molecule has 1 unspecified atom stereocenters. The van der Waals surface area contributed by atoms with Crippen molar-refractivity contribution in [2.45, 2.75) is 12.5 Å². The SMILES string of the molecule is CC1(O)CNCCN(C(=O)O)C1. The van der Waals surface area contributed by atoms with Gasteiger partial charge >= 0.3 is 6.09 Å². The van der Waals surface area contributed by atoms with E-state index in [9.17, 15) is 9.90 Å². The van der Waals surface area contributed by atoms with Crippen LogP contribution in [0.2, 0.25) is 0 Å². The number of carbonyl (C=O) groups is 1. The quantitative estimate of drug-likeness (QED) is 0.455. The van der Waals surface area contributed by atoms with Crippen LogP contribution in [0.15, 0.2) is 0 Å². The number of nitrogens with one attached hydrogen (secondary N) is 1. The topological polar surface area (TPSA) is 72.8 Å². The smallest absolute Gasteiger partial charge is 0.407 e. The van der Waals surface area contributed by atoms with Crippen LogP contribution in [-0.4, -0.2) is 53.0 Å². The first-order valence-corrected chi connectivity index (χ1v) is 3.92. The summed E-state index contributed by atoms with van der Waals surface area (Å²) in [4.78, 5) is 11.8. The van der Waals surface area contributed by atoms with Gasteiger partial charge < -0.3 is 20.4 Å². The fourth-order valence-corrected chi connectivity index (χ4v) is 1.28. The Kier molecular flexibility index (Phi) is 2.54. The van der Waals surface area contributed by atoms with Crippen molar-refractivity contribution in [2.75, 3.05) is 26.2 Å². The maximum absolute atomic E-state index is 10.6. The lowest BCUT2D eigenvalue weighted by Crippen LogP contribution is -2.44. The second-order valence-electron chi connectivity index (χ2n) is 3.38. The Bertz CT molecular complexity index is 181. The summed E-state index contributed by atoms with van der Waals surface area (Å²) in [6.07, 6.45) is -0.973. The van der Waals surface area contributed by atoms with Crippen LogP contribution in [0, 0.1) is 0 Å². The van der Waals surface area contributed by atoms with E-state index in [2.05, 4.69) is 5.32 Å². The highest BCUT2D eigenvalue weighted by Gasteiger charge is 2.28. The molecule has 0 radical (unpaired) electrons. The highest BCUT2D eigenvalue weighted by molar-refractivity contribution is 5.65. The first-order chi connectivity index (χ1) is 5.51. The van der Waals surface area contributed by atoms with E-state index in [1.165, 1.54) is 4.90 Å². The van der Waals surface area contributed by atoms with Crippen molar-refractivity contribution < 1.29 is 15.0 Å². The summed E-state index contributed by atoms with van der Waals surface area (Å²) in [5.41, 5.74) is -0.950. The molecule has 1 aliphatic rings. The van der Waals surface area contributed by atoms with Crippen LogP contribution in [0.3, 0.4) is 0 Å². The van der Waals surface area contributed by atoms with Crippen LogP contribution < -0.4 is 5.32 Å². The van der Waals surface area contributed by atoms with E-state index in [1.807, 2.05) is 0 Å². The monoisotopic (exact) mass is 174 g/mol. The molecule has 5 heteroatoms. The van der Waals surface area contributed by atoms with Gasteiger partial charge in [-0.1, -0.05) is 0 Å². The normalized spacial score (nSPS) is 31.3. The van der Waals surface area contributed by atoms with Crippen molar-refractivity contribution in [1.82, 2.24) is 10.2 Å². The summed E-state index contributed by atoms with van der Waals surface area (Å²) >= 11 is 0. The summed E-state index contributed by atoms with van der Waals surface area (Å²) in [5.74, 6) is 0. The van der Waals surface area contributed by atoms with Crippen LogP contribution in [0.25, 0.3) is 0 Å². The van der Waals surface area contributed by atoms with Gasteiger partial charge in [0.15, 0.2) is 0 Å². The van der Waals surface area contributed by atoms with Gasteiger partial charge in [0.1, 0.15) is 0 Å². The number of nitrogens with zero attached hydrogens (tertiary/aromatic N) is 1. The Morgan fingerprint density at radius 2 is 2.33 bits per heavy atom. The minimum absolute atomic E-state index is 0.176. The highest BCUT2D eigenvalue weighted by atomic mass is 16.4. The van der Waals surface area contributed by atoms with E-state index in [0.717, 1.165) is 0 Å². The summed E-state index contributed by atoms with van der Waals surface area (Å²) < 4.78 is 0. The van der Waals surface area contributed by atoms with Gasteiger partial charge in [0, 0.05) is 19.6 Å². The maximum Gasteiger partial charge on any atom is 0.407 e. The van der Waals surface area contributed by atoms with E-state index in [1.54, 1.807) is 6.92 Å². The molecule has 1 aliphatic heterocycles. The van der Waals surface area contributed by atoms with Crippen molar-refractivity contribution in [3.8, 4) is 0 Å². The zero-order valence-electron chi connectivity index (χ0n) is 7.08. The molecule has 0 aromatic rings. The zero-order valence-corrected chi connectivity index (χ0v) is 7.08. The molecule has 12 heavy (non-hydrogen) atoms. The number of rotatable bonds is 0. The summed E-state index contributed by atoms with van der Waals surface area (Å²) in [7, 11) is 0. The number of amides is 1. The van der Waals surface area contributed by atoms with E-state index >= 15 is 0 Å². The Hall–Kier alpha value is -0.810. The molecule has 1 amide bonds. The molecule has 1 fully saturated rings. The van der Waals surface area contributed by atoms with Gasteiger partial charge in [-0.2, -0.15) is 0 Å². The van der Waals surface area contributed by atoms with Crippen molar-refractivity contribution in [2.24, 2.45) is 0 Å². The molecule has 0 aromatic carbocycles. The molecule has 0 spiro atoms. The highest BCUT2D eigenvalue weighted by Crippen LogP contribution is 2.07. The Balaban J connectivity index is 2.60. The largest absolute Gasteiger partial charge is 0.465 e. The lowest BCUT2D eigenvalue weighted by Gasteiger charge is -2.25. The van der Waals surface area contributed by atoms with Gasteiger partial charge in [-0.25, -0.2) is 4.79 Å². The third kappa shape index (κ3) is 2.35. The molecule has 1 rings (SSSR count). The molecule has 5 nitrogen and oxygen atoms in total. The minimum atomic E-state index is -0.973. The molecule has 1 heterocycles. The van der Waals surface area contributed by atoms with Gasteiger partial charge in [-0.3, -0.25) is 0 Å². The van der Waals surface area contributed by atoms with Crippen LogP contribution in [-0.2, 0) is 0 Å². The van der Waals surface area contributed by atoms with E-state index in [4.69, 9.17) is 5.11 Å². The summed E-state index contributed by atoms with van der Waals surface area (Å²) in [6.45, 7) is 3.28. The molecule has 0 aliphatic carbocycles. The maximum atomic E-state index is 10.6. The standard InChI is InChI=1S/C7H14N2O3/c1-7(12)4-8-2-3-9(5-7)6(10)11/h8,12H,2-5H2,1H3,(H,10,11). The third-order valence-corrected chi connectivity index (χ3v) is 1.87. The molecule has 3 N–H and O–H groups in total. The Morgan fingerprint density at radius 1 is 1.67 bits per heavy atom. The second kappa shape index (κ2) is 3.28. The molecule has 70 valence electrons. The van der Waals surface area contributed by atoms with Crippen molar-refractivity contribution in [3.63, 3.8) is 0 Å². The zero-order chi connectivity index (χ0) is 9.19. The average Bonchev–Trinajstić information content (AvgIpc) is 2.10. The molecule has 1 atom stereocenters. The number of β-amino-alcohol motifs (C(OH)–C–C–N with tert-alkyl or cyclic N) is 1. The average molecular weight is 174 g/mol. The molecule has 0 aromatic heterocycles. The molecular formula is C7H14N2O3. The van der Waals surface area contributed by atoms with E-state index in [0.29, 0.717) is 19.6 Å². The Morgan fingerprint density at radius 3 is 2.92 bits per heavy atom. The minimum Gasteiger partial charge on any atom is -0.465 e. The Labute approximate surface area is 71.0 Å². The second-order valence-corrected chi connectivity index (χ2v) is 3.38. The van der Waals surface area contributed by atoms with Crippen LogP contribution in [0.4, 0.5) is 4.79 Å². The van der Waals surface area contributed by atoms with Crippen LogP contribution in [0.5, 0.6) is 0 Å². The summed E-state index contributed by atoms with van der Waals surface area (Å²) in [6, 6.07) is 0. The molecule has 1 saturated heterocycles. The first kappa shape index (κ1) is 9.28. The van der Waals surface area contributed by atoms with Crippen LogP contribution >= 0.6 is 0 Å². The predicted octanol–water partition coefficient (Wildman–Crippen LogP) is -0.679. The van der Waals surface area contributed by atoms with Crippen molar-refractivity contribution >= 4 is 6.09 Å². The predicted molar refractivity (Wildman–Crippen MR) is 43.1 cm³/mol. The number of hydrogen-bond donors (Lipinski definition) is 3. The number of aliphatic hydroxyl groups is 1. The fraction of sp³-hybridized carbons (Fsp3) is 0.857. The number of carboxylic acid groups (broad SMARTS) is 1. The van der Waals surface area contributed by atoms with Crippen LogP contribution in [0.1, 0.15) is 6.92 Å². The molecule has 0 saturated carbocycles. The van der Waals surface area contributed by atoms with Gasteiger partial charge in [-0.05, 0) is 6.92 Å². The third-order valence-electron chi connectivity index (χ3n) is 1.87. The molecule has 0 bridgehead atoms. The van der Waals surface area contributed by atoms with Crippen molar-refractivity contribution in [3.05, 3.63) is 0 Å². The van der Waals surface area contributed by atoms with Gasteiger partial charge in [-0.15, -0.1) is 0 Å². The van der Waals surface area contributed by atoms with Crippen molar-refractivity contribution in [1.29, 1.82) is 0 Å². The lowest BCUT2D eigenvalue weighted by molar-refractivity contribution is 0.0350. The first-order valence-electron chi connectivity index (χ1n) is 3.92. The summed E-state index contributed by atoms with van der Waals surface area (Å²) in [5, 5.41) is 21.3. The van der Waals surface area contributed by atoms with Gasteiger partial charge in [0.2, 0.25) is 0 Å². The lowest BCUT2D eigenvalue weighted by atomic mass is 10.1. The van der Waals surface area contributed by atoms with Gasteiger partial charge in [0.25, 0.3) is 0 Å².